The third kappa shape index (κ3) is 13.6. The van der Waals surface area contributed by atoms with Gasteiger partial charge in [0.15, 0.2) is 5.72 Å². The number of carbonyl (C=O) groups is 3. The van der Waals surface area contributed by atoms with Crippen LogP contribution in [-0.2, 0) is 39.1 Å². The standard InChI is InChI=1S/C25H37N3O7.3C2H6.3H2/c1-15(2)24(31)34-13-12-33-11-10-32-9-8-26-25(14-35-25)21-16(3)22(27-19(6)29)18(5)23(17(21)4)28-20(7)30;3*1-2;;;/h26H,1,8-14H2,2-7H3,(H,27,29)(H,28,30);3*1-2H3;3*1H. The Kier molecular flexibility index (Phi) is 21.5. The second kappa shape index (κ2) is 21.9. The molecule has 2 amide bonds. The summed E-state index contributed by atoms with van der Waals surface area (Å²) < 4.78 is 21.8. The molecule has 0 bridgehead atoms. The van der Waals surface area contributed by atoms with Gasteiger partial charge in [-0.1, -0.05) is 48.1 Å². The lowest BCUT2D eigenvalue weighted by Gasteiger charge is -2.26. The molecule has 1 unspecified atom stereocenters. The maximum atomic E-state index is 11.8. The van der Waals surface area contributed by atoms with Gasteiger partial charge in [0.05, 0.1) is 33.0 Å². The molecule has 0 saturated carbocycles. The zero-order valence-corrected chi connectivity index (χ0v) is 27.5. The van der Waals surface area contributed by atoms with Crippen molar-refractivity contribution in [3.63, 3.8) is 0 Å². The summed E-state index contributed by atoms with van der Waals surface area (Å²) in [5.41, 5.74) is 4.43. The van der Waals surface area contributed by atoms with Gasteiger partial charge in [0.2, 0.25) is 11.8 Å². The fourth-order valence-corrected chi connectivity index (χ4v) is 3.92. The van der Waals surface area contributed by atoms with Gasteiger partial charge >= 0.3 is 5.97 Å². The number of esters is 1. The van der Waals surface area contributed by atoms with E-state index in [-0.39, 0.29) is 29.3 Å². The number of ether oxygens (including phenoxy) is 4. The molecule has 0 radical (unpaired) electrons. The molecule has 10 nitrogen and oxygen atoms in total. The van der Waals surface area contributed by atoms with Gasteiger partial charge in [-0.25, -0.2) is 4.79 Å². The second-order valence-electron chi connectivity index (χ2n) is 8.55. The van der Waals surface area contributed by atoms with E-state index in [0.29, 0.717) is 49.9 Å². The molecule has 1 aromatic carbocycles. The topological polar surface area (TPSA) is 128 Å². The highest BCUT2D eigenvalue weighted by Crippen LogP contribution is 2.45. The molecule has 1 heterocycles. The second-order valence-corrected chi connectivity index (χ2v) is 8.55. The summed E-state index contributed by atoms with van der Waals surface area (Å²) in [5, 5.41) is 9.19. The maximum absolute atomic E-state index is 11.8. The minimum Gasteiger partial charge on any atom is -0.460 e. The van der Waals surface area contributed by atoms with Crippen LogP contribution in [0.15, 0.2) is 12.2 Å². The third-order valence-electron chi connectivity index (χ3n) is 5.53. The van der Waals surface area contributed by atoms with Gasteiger partial charge in [-0.2, -0.15) is 0 Å². The first-order chi connectivity index (χ1) is 19.5. The van der Waals surface area contributed by atoms with Gasteiger partial charge in [0.1, 0.15) is 6.61 Å². The van der Waals surface area contributed by atoms with Crippen LogP contribution in [0, 0.1) is 20.8 Å². The molecule has 242 valence electrons. The summed E-state index contributed by atoms with van der Waals surface area (Å²) in [7, 11) is 0. The maximum Gasteiger partial charge on any atom is 0.333 e. The summed E-state index contributed by atoms with van der Waals surface area (Å²) in [6, 6.07) is 0. The van der Waals surface area contributed by atoms with Crippen LogP contribution in [0.3, 0.4) is 0 Å². The molecule has 2 rings (SSSR count). The molecule has 1 fully saturated rings. The van der Waals surface area contributed by atoms with Crippen molar-refractivity contribution >= 4 is 29.2 Å². The van der Waals surface area contributed by atoms with Crippen LogP contribution in [0.4, 0.5) is 11.4 Å². The van der Waals surface area contributed by atoms with Crippen LogP contribution in [0.1, 0.15) is 88.8 Å². The summed E-state index contributed by atoms with van der Waals surface area (Å²) in [6.45, 7) is 28.4. The Labute approximate surface area is 252 Å². The van der Waals surface area contributed by atoms with Crippen LogP contribution < -0.4 is 16.0 Å². The van der Waals surface area contributed by atoms with Gasteiger partial charge < -0.3 is 29.6 Å². The van der Waals surface area contributed by atoms with E-state index in [4.69, 9.17) is 18.9 Å². The summed E-state index contributed by atoms with van der Waals surface area (Å²) >= 11 is 0. The Morgan fingerprint density at radius 3 is 1.59 bits per heavy atom. The van der Waals surface area contributed by atoms with E-state index in [2.05, 4.69) is 22.5 Å². The molecule has 3 N–H and O–H groups in total. The minimum absolute atomic E-state index is 0. The Balaban J connectivity index is -0.000000529. The fourth-order valence-electron chi connectivity index (χ4n) is 3.92. The molecule has 0 spiro atoms. The highest BCUT2D eigenvalue weighted by Gasteiger charge is 2.49. The Morgan fingerprint density at radius 1 is 0.780 bits per heavy atom. The number of amides is 2. The Hall–Kier alpha value is -2.79. The third-order valence-corrected chi connectivity index (χ3v) is 5.53. The first kappa shape index (κ1) is 40.3. The molecule has 0 aliphatic carbocycles. The highest BCUT2D eigenvalue weighted by molar-refractivity contribution is 5.96. The minimum atomic E-state index is -0.713. The normalized spacial score (nSPS) is 14.5. The quantitative estimate of drug-likeness (QED) is 0.101. The van der Waals surface area contributed by atoms with E-state index in [0.717, 1.165) is 22.3 Å². The van der Waals surface area contributed by atoms with Crippen molar-refractivity contribution in [1.29, 1.82) is 0 Å². The SMILES string of the molecule is C=C(C)C(=O)OCCOCCOCCNC1(c2c(C)c(NC(C)=O)c(C)c(NC(C)=O)c2C)CO1.CC.CC.CC.[HH].[HH].[HH]. The van der Waals surface area contributed by atoms with E-state index in [1.807, 2.05) is 62.3 Å². The van der Waals surface area contributed by atoms with Crippen LogP contribution in [-0.4, -0.2) is 64.0 Å². The van der Waals surface area contributed by atoms with Crippen molar-refractivity contribution < 1.29 is 37.6 Å². The van der Waals surface area contributed by atoms with Gasteiger partial charge in [-0.3, -0.25) is 14.9 Å². The first-order valence-corrected chi connectivity index (χ1v) is 14.6. The molecule has 1 saturated heterocycles. The average molecular weight is 588 g/mol. The lowest BCUT2D eigenvalue weighted by molar-refractivity contribution is -0.140. The molecular formula is C31H61N3O7. The highest BCUT2D eigenvalue weighted by atomic mass is 16.6. The van der Waals surface area contributed by atoms with Crippen LogP contribution in [0.25, 0.3) is 0 Å². The van der Waals surface area contributed by atoms with Crippen molar-refractivity contribution in [2.45, 2.75) is 88.8 Å². The lowest BCUT2D eigenvalue weighted by Crippen LogP contribution is -2.35. The van der Waals surface area contributed by atoms with E-state index < -0.39 is 11.7 Å². The molecule has 10 heteroatoms. The zero-order valence-electron chi connectivity index (χ0n) is 27.5. The number of nitrogens with one attached hydrogen (secondary N) is 3. The van der Waals surface area contributed by atoms with Crippen LogP contribution in [0.5, 0.6) is 0 Å². The van der Waals surface area contributed by atoms with Crippen molar-refractivity contribution in [2.75, 3.05) is 56.8 Å². The van der Waals surface area contributed by atoms with Crippen molar-refractivity contribution in [1.82, 2.24) is 5.32 Å². The smallest absolute Gasteiger partial charge is 0.333 e. The summed E-state index contributed by atoms with van der Waals surface area (Å²) in [4.78, 5) is 34.9. The molecule has 1 atom stereocenters. The Morgan fingerprint density at radius 2 is 1.20 bits per heavy atom. The number of anilines is 2. The number of hydrogen-bond donors (Lipinski definition) is 3. The van der Waals surface area contributed by atoms with Crippen LogP contribution in [0.2, 0.25) is 0 Å². The summed E-state index contributed by atoms with van der Waals surface area (Å²) in [5.74, 6) is -0.814. The Bertz CT molecular complexity index is 946. The molecular weight excluding hydrogens is 526 g/mol. The number of epoxide rings is 1. The molecule has 1 aliphatic rings. The van der Waals surface area contributed by atoms with Gasteiger partial charge in [0, 0.05) is 47.2 Å². The number of hydrogen-bond acceptors (Lipinski definition) is 8. The van der Waals surface area contributed by atoms with E-state index in [1.54, 1.807) is 6.92 Å². The van der Waals surface area contributed by atoms with E-state index in [1.165, 1.54) is 13.8 Å². The van der Waals surface area contributed by atoms with Crippen molar-refractivity contribution in [3.05, 3.63) is 34.4 Å². The predicted octanol–water partition coefficient (Wildman–Crippen LogP) is 6.27. The fraction of sp³-hybridized carbons (Fsp3) is 0.645. The molecule has 1 aromatic rings. The molecule has 1 aliphatic heterocycles. The van der Waals surface area contributed by atoms with E-state index >= 15 is 0 Å². The predicted molar refractivity (Wildman–Crippen MR) is 173 cm³/mol. The van der Waals surface area contributed by atoms with Crippen molar-refractivity contribution in [3.8, 4) is 0 Å². The van der Waals surface area contributed by atoms with Gasteiger partial charge in [0.25, 0.3) is 0 Å². The van der Waals surface area contributed by atoms with Gasteiger partial charge in [-0.05, 0) is 44.4 Å². The van der Waals surface area contributed by atoms with Crippen molar-refractivity contribution in [2.24, 2.45) is 0 Å². The van der Waals surface area contributed by atoms with Crippen LogP contribution >= 0.6 is 0 Å². The lowest BCUT2D eigenvalue weighted by atomic mass is 9.90. The number of rotatable bonds is 14. The average Bonchev–Trinajstić information content (AvgIpc) is 3.73. The molecule has 0 aromatic heterocycles. The number of benzene rings is 1. The van der Waals surface area contributed by atoms with Gasteiger partial charge in [-0.15, -0.1) is 0 Å². The largest absolute Gasteiger partial charge is 0.460 e. The summed E-state index contributed by atoms with van der Waals surface area (Å²) in [6.07, 6.45) is 0. The monoisotopic (exact) mass is 587 g/mol. The molecule has 41 heavy (non-hydrogen) atoms. The van der Waals surface area contributed by atoms with E-state index in [9.17, 15) is 14.4 Å². The zero-order chi connectivity index (χ0) is 32.2. The number of carbonyl (C=O) groups excluding carboxylic acids is 3. The first-order valence-electron chi connectivity index (χ1n) is 14.6.